The molecule has 0 amide bonds. The molecule has 4 nitrogen and oxygen atoms in total. The summed E-state index contributed by atoms with van der Waals surface area (Å²) in [6, 6.07) is 10.7. The van der Waals surface area contributed by atoms with Gasteiger partial charge >= 0.3 is 6.01 Å². The first-order valence-electron chi connectivity index (χ1n) is 7.89. The zero-order chi connectivity index (χ0) is 16.1. The van der Waals surface area contributed by atoms with Crippen LogP contribution in [0, 0.1) is 6.08 Å². The molecule has 0 N–H and O–H groups in total. The molecular formula is C19H21N2O2. The van der Waals surface area contributed by atoms with E-state index in [0.717, 1.165) is 36.9 Å². The molecule has 4 heteroatoms. The Morgan fingerprint density at radius 2 is 1.96 bits per heavy atom. The Labute approximate surface area is 137 Å². The lowest BCUT2D eigenvalue weighted by atomic mass is 9.87. The van der Waals surface area contributed by atoms with Gasteiger partial charge in [-0.15, -0.1) is 0 Å². The monoisotopic (exact) mass is 309 g/mol. The fraction of sp³-hybridized carbons (Fsp3) is 0.368. The number of hydrogen-bond acceptors (Lipinski definition) is 4. The lowest BCUT2D eigenvalue weighted by molar-refractivity contribution is 0.344. The number of allylic oxidation sites excluding steroid dienone is 2. The Balaban J connectivity index is 2.04. The Hall–Kier alpha value is -2.36. The van der Waals surface area contributed by atoms with Gasteiger partial charge in [0, 0.05) is 17.9 Å². The summed E-state index contributed by atoms with van der Waals surface area (Å²) in [6.45, 7) is 0. The van der Waals surface area contributed by atoms with Crippen molar-refractivity contribution in [3.63, 3.8) is 0 Å². The maximum Gasteiger partial charge on any atom is 0.319 e. The summed E-state index contributed by atoms with van der Waals surface area (Å²) in [7, 11) is 3.23. The average molecular weight is 309 g/mol. The Bertz CT molecular complexity index is 683. The van der Waals surface area contributed by atoms with Crippen LogP contribution in [-0.4, -0.2) is 24.2 Å². The van der Waals surface area contributed by atoms with Crippen molar-refractivity contribution in [1.82, 2.24) is 9.97 Å². The largest absolute Gasteiger partial charge is 0.481 e. The SMILES string of the molecule is COc1nc(OC)c(Cc2ccccc2)c([C@@H]2CC=[C]CC2)n1. The van der Waals surface area contributed by atoms with Crippen LogP contribution in [0.15, 0.2) is 36.4 Å². The van der Waals surface area contributed by atoms with Gasteiger partial charge in [-0.2, -0.15) is 9.97 Å². The van der Waals surface area contributed by atoms with E-state index in [1.54, 1.807) is 14.2 Å². The minimum absolute atomic E-state index is 0.362. The molecule has 0 fully saturated rings. The summed E-state index contributed by atoms with van der Waals surface area (Å²) < 4.78 is 10.8. The molecular weight excluding hydrogens is 288 g/mol. The number of ether oxygens (including phenoxy) is 2. The molecule has 23 heavy (non-hydrogen) atoms. The van der Waals surface area contributed by atoms with Gasteiger partial charge in [0.05, 0.1) is 19.9 Å². The molecule has 0 saturated carbocycles. The van der Waals surface area contributed by atoms with Crippen LogP contribution in [0.3, 0.4) is 0 Å². The molecule has 2 aromatic rings. The smallest absolute Gasteiger partial charge is 0.319 e. The van der Waals surface area contributed by atoms with E-state index in [4.69, 9.17) is 9.47 Å². The van der Waals surface area contributed by atoms with E-state index in [1.807, 2.05) is 18.2 Å². The van der Waals surface area contributed by atoms with Gasteiger partial charge in [0.1, 0.15) is 0 Å². The van der Waals surface area contributed by atoms with Gasteiger partial charge in [-0.1, -0.05) is 36.4 Å². The molecule has 1 aromatic carbocycles. The summed E-state index contributed by atoms with van der Waals surface area (Å²) >= 11 is 0. The summed E-state index contributed by atoms with van der Waals surface area (Å²) in [5, 5.41) is 0. The van der Waals surface area contributed by atoms with E-state index in [1.165, 1.54) is 5.56 Å². The van der Waals surface area contributed by atoms with E-state index in [0.29, 0.717) is 17.8 Å². The van der Waals surface area contributed by atoms with Crippen molar-refractivity contribution in [2.75, 3.05) is 14.2 Å². The van der Waals surface area contributed by atoms with Crippen molar-refractivity contribution in [3.8, 4) is 11.9 Å². The standard InChI is InChI=1S/C19H21N2O2/c1-22-18-16(13-14-9-5-3-6-10-14)17(20-19(21-18)23-2)15-11-7-4-8-12-15/h3,5-7,9-10,15H,8,11-13H2,1-2H3/t15-/m1/s1. The third kappa shape index (κ3) is 3.52. The third-order valence-electron chi connectivity index (χ3n) is 4.15. The molecule has 0 unspecified atom stereocenters. The molecule has 1 aliphatic carbocycles. The Morgan fingerprint density at radius 3 is 2.61 bits per heavy atom. The summed E-state index contributed by atoms with van der Waals surface area (Å²) in [5.41, 5.74) is 3.31. The number of aromatic nitrogens is 2. The van der Waals surface area contributed by atoms with Crippen LogP contribution in [0.25, 0.3) is 0 Å². The van der Waals surface area contributed by atoms with Gasteiger partial charge in [-0.05, 0) is 30.9 Å². The molecule has 1 radical (unpaired) electrons. The van der Waals surface area contributed by atoms with E-state index in [2.05, 4.69) is 34.3 Å². The molecule has 1 aromatic heterocycles. The van der Waals surface area contributed by atoms with Gasteiger partial charge in [0.15, 0.2) is 0 Å². The summed E-state index contributed by atoms with van der Waals surface area (Å²) in [6.07, 6.45) is 9.10. The van der Waals surface area contributed by atoms with Crippen molar-refractivity contribution in [2.45, 2.75) is 31.6 Å². The highest BCUT2D eigenvalue weighted by molar-refractivity contribution is 5.39. The Morgan fingerprint density at radius 1 is 1.13 bits per heavy atom. The molecule has 0 aliphatic heterocycles. The van der Waals surface area contributed by atoms with Gasteiger partial charge in [0.2, 0.25) is 5.88 Å². The molecule has 0 spiro atoms. The lowest BCUT2D eigenvalue weighted by Crippen LogP contribution is -2.12. The highest BCUT2D eigenvalue weighted by Crippen LogP contribution is 2.35. The average Bonchev–Trinajstić information content (AvgIpc) is 2.63. The third-order valence-corrected chi connectivity index (χ3v) is 4.15. The second-order valence-electron chi connectivity index (χ2n) is 5.63. The fourth-order valence-electron chi connectivity index (χ4n) is 2.97. The number of nitrogens with zero attached hydrogens (tertiary/aromatic N) is 2. The van der Waals surface area contributed by atoms with E-state index >= 15 is 0 Å². The van der Waals surface area contributed by atoms with Gasteiger partial charge in [-0.25, -0.2) is 0 Å². The quantitative estimate of drug-likeness (QED) is 0.844. The minimum Gasteiger partial charge on any atom is -0.481 e. The predicted molar refractivity (Wildman–Crippen MR) is 88.8 cm³/mol. The van der Waals surface area contributed by atoms with Crippen molar-refractivity contribution in [1.29, 1.82) is 0 Å². The number of benzene rings is 1. The van der Waals surface area contributed by atoms with Crippen molar-refractivity contribution < 1.29 is 9.47 Å². The van der Waals surface area contributed by atoms with Gasteiger partial charge in [-0.3, -0.25) is 0 Å². The van der Waals surface area contributed by atoms with Crippen LogP contribution in [0.2, 0.25) is 0 Å². The second-order valence-corrected chi connectivity index (χ2v) is 5.63. The number of hydrogen-bond donors (Lipinski definition) is 0. The van der Waals surface area contributed by atoms with Crippen LogP contribution in [-0.2, 0) is 6.42 Å². The van der Waals surface area contributed by atoms with Crippen LogP contribution in [0.5, 0.6) is 11.9 Å². The van der Waals surface area contributed by atoms with Crippen LogP contribution in [0.1, 0.15) is 42.0 Å². The first kappa shape index (κ1) is 15.5. The molecule has 1 atom stereocenters. The molecule has 0 saturated heterocycles. The predicted octanol–water partition coefficient (Wildman–Crippen LogP) is 3.71. The zero-order valence-electron chi connectivity index (χ0n) is 13.6. The molecule has 119 valence electrons. The molecule has 1 aliphatic rings. The maximum atomic E-state index is 5.53. The maximum absolute atomic E-state index is 5.53. The van der Waals surface area contributed by atoms with Crippen molar-refractivity contribution in [2.24, 2.45) is 0 Å². The van der Waals surface area contributed by atoms with E-state index in [-0.39, 0.29) is 0 Å². The molecule has 3 rings (SSSR count). The minimum atomic E-state index is 0.362. The summed E-state index contributed by atoms with van der Waals surface area (Å²) in [5.74, 6) is 0.968. The first-order valence-corrected chi connectivity index (χ1v) is 7.89. The first-order chi connectivity index (χ1) is 11.3. The normalized spacial score (nSPS) is 17.0. The van der Waals surface area contributed by atoms with Crippen molar-refractivity contribution >= 4 is 0 Å². The van der Waals surface area contributed by atoms with Gasteiger partial charge in [0.25, 0.3) is 0 Å². The van der Waals surface area contributed by atoms with Gasteiger partial charge < -0.3 is 9.47 Å². The number of rotatable bonds is 5. The molecule has 1 heterocycles. The van der Waals surface area contributed by atoms with Crippen molar-refractivity contribution in [3.05, 3.63) is 59.3 Å². The lowest BCUT2D eigenvalue weighted by Gasteiger charge is -2.22. The Kier molecular flexibility index (Phi) is 4.91. The highest BCUT2D eigenvalue weighted by Gasteiger charge is 2.23. The van der Waals surface area contributed by atoms with Crippen LogP contribution >= 0.6 is 0 Å². The second kappa shape index (κ2) is 7.27. The highest BCUT2D eigenvalue weighted by atomic mass is 16.5. The van der Waals surface area contributed by atoms with E-state index in [9.17, 15) is 0 Å². The van der Waals surface area contributed by atoms with E-state index < -0.39 is 0 Å². The molecule has 0 bridgehead atoms. The number of methoxy groups -OCH3 is 2. The van der Waals surface area contributed by atoms with Crippen LogP contribution in [0.4, 0.5) is 0 Å². The summed E-state index contributed by atoms with van der Waals surface area (Å²) in [4.78, 5) is 9.04. The fourth-order valence-corrected chi connectivity index (χ4v) is 2.97. The topological polar surface area (TPSA) is 44.2 Å². The zero-order valence-corrected chi connectivity index (χ0v) is 13.6. The van der Waals surface area contributed by atoms with Crippen LogP contribution < -0.4 is 9.47 Å².